The highest BCUT2D eigenvalue weighted by atomic mass is 14.9. The molecule has 0 radical (unpaired) electrons. The first-order chi connectivity index (χ1) is 5.35. The largest absolute Gasteiger partial charge is 0.388 e. The number of quaternary nitrogens is 1. The number of allylic oxidation sites excluding steroid dienone is 2. The van der Waals surface area contributed by atoms with Gasteiger partial charge in [0.2, 0.25) is 0 Å². The van der Waals surface area contributed by atoms with Gasteiger partial charge < -0.3 is 16.4 Å². The first-order valence-corrected chi connectivity index (χ1v) is 3.89. The smallest absolute Gasteiger partial charge is 0.0946 e. The van der Waals surface area contributed by atoms with Gasteiger partial charge >= 0.3 is 0 Å². The molecule has 0 aliphatic heterocycles. The van der Waals surface area contributed by atoms with Crippen molar-refractivity contribution in [2.75, 3.05) is 20.1 Å². The molecule has 0 saturated heterocycles. The Hall–Kier alpha value is -0.800. The Morgan fingerprint density at radius 2 is 2.36 bits per heavy atom. The first kappa shape index (κ1) is 10.2. The van der Waals surface area contributed by atoms with E-state index >= 15 is 0 Å². The van der Waals surface area contributed by atoms with Crippen molar-refractivity contribution in [2.24, 2.45) is 5.73 Å². The lowest BCUT2D eigenvalue weighted by Gasteiger charge is -1.96. The zero-order chi connectivity index (χ0) is 8.53. The standard InChI is InChI=1S/C8H17N3/c1-3-8(10-2)4-6-11-7-5-9/h3-4,6,10-11H,5,7,9H2,1-2H3/p+1/b6-4-,8-3+. The molecule has 0 aliphatic carbocycles. The van der Waals surface area contributed by atoms with Gasteiger partial charge in [-0.05, 0) is 6.92 Å². The van der Waals surface area contributed by atoms with Gasteiger partial charge in [0.1, 0.15) is 0 Å². The molecular weight excluding hydrogens is 138 g/mol. The van der Waals surface area contributed by atoms with Crippen LogP contribution in [0.2, 0.25) is 0 Å². The summed E-state index contributed by atoms with van der Waals surface area (Å²) in [6.45, 7) is 3.66. The van der Waals surface area contributed by atoms with Gasteiger partial charge in [0.05, 0.1) is 12.7 Å². The van der Waals surface area contributed by atoms with Gasteiger partial charge in [-0.15, -0.1) is 0 Å². The van der Waals surface area contributed by atoms with Gasteiger partial charge in [0.15, 0.2) is 0 Å². The molecule has 0 aromatic heterocycles. The maximum absolute atomic E-state index is 5.32. The summed E-state index contributed by atoms with van der Waals surface area (Å²) in [5.74, 6) is 0. The second-order valence-electron chi connectivity index (χ2n) is 2.17. The first-order valence-electron chi connectivity index (χ1n) is 3.89. The molecule has 0 rings (SSSR count). The predicted molar refractivity (Wildman–Crippen MR) is 47.8 cm³/mol. The highest BCUT2D eigenvalue weighted by Gasteiger charge is 1.83. The quantitative estimate of drug-likeness (QED) is 0.358. The summed E-state index contributed by atoms with van der Waals surface area (Å²) < 4.78 is 0. The molecular formula is C8H18N3+. The van der Waals surface area contributed by atoms with Crippen molar-refractivity contribution in [1.82, 2.24) is 5.32 Å². The number of nitrogens with two attached hydrogens (primary N) is 2. The second-order valence-corrected chi connectivity index (χ2v) is 2.17. The Morgan fingerprint density at radius 3 is 2.82 bits per heavy atom. The van der Waals surface area contributed by atoms with Crippen molar-refractivity contribution in [2.45, 2.75) is 6.92 Å². The maximum atomic E-state index is 5.32. The average molecular weight is 156 g/mol. The lowest BCUT2D eigenvalue weighted by Crippen LogP contribution is -2.79. The van der Waals surface area contributed by atoms with E-state index in [9.17, 15) is 0 Å². The molecule has 0 spiro atoms. The fraction of sp³-hybridized carbons (Fsp3) is 0.500. The van der Waals surface area contributed by atoms with Gasteiger partial charge in [-0.3, -0.25) is 0 Å². The van der Waals surface area contributed by atoms with E-state index in [4.69, 9.17) is 5.73 Å². The van der Waals surface area contributed by atoms with Crippen LogP contribution in [0.3, 0.4) is 0 Å². The van der Waals surface area contributed by atoms with Crippen LogP contribution in [0.25, 0.3) is 0 Å². The average Bonchev–Trinajstić information content (AvgIpc) is 2.05. The fourth-order valence-electron chi connectivity index (χ4n) is 0.688. The van der Waals surface area contributed by atoms with E-state index in [2.05, 4.69) is 10.6 Å². The Bertz CT molecular complexity index is 138. The van der Waals surface area contributed by atoms with Crippen molar-refractivity contribution in [3.05, 3.63) is 24.0 Å². The Labute approximate surface area is 68.4 Å². The van der Waals surface area contributed by atoms with E-state index in [0.29, 0.717) is 0 Å². The van der Waals surface area contributed by atoms with Crippen LogP contribution in [-0.4, -0.2) is 20.1 Å². The minimum atomic E-state index is 0.717. The molecule has 0 aliphatic rings. The fourth-order valence-corrected chi connectivity index (χ4v) is 0.688. The van der Waals surface area contributed by atoms with Crippen LogP contribution in [0.5, 0.6) is 0 Å². The van der Waals surface area contributed by atoms with Gasteiger partial charge in [-0.25, -0.2) is 0 Å². The molecule has 3 heteroatoms. The third-order valence-corrected chi connectivity index (χ3v) is 1.34. The molecule has 0 heterocycles. The molecule has 0 amide bonds. The van der Waals surface area contributed by atoms with Crippen LogP contribution in [0.15, 0.2) is 24.0 Å². The number of nitrogens with one attached hydrogen (secondary N) is 1. The molecule has 0 saturated carbocycles. The summed E-state index contributed by atoms with van der Waals surface area (Å²) in [5.41, 5.74) is 6.44. The summed E-state index contributed by atoms with van der Waals surface area (Å²) in [6.07, 6.45) is 6.06. The molecule has 0 bridgehead atoms. The van der Waals surface area contributed by atoms with Crippen molar-refractivity contribution < 1.29 is 5.32 Å². The van der Waals surface area contributed by atoms with Gasteiger partial charge in [-0.2, -0.15) is 0 Å². The Morgan fingerprint density at radius 1 is 1.64 bits per heavy atom. The number of hydrogen-bond donors (Lipinski definition) is 3. The number of hydrogen-bond acceptors (Lipinski definition) is 2. The van der Waals surface area contributed by atoms with Crippen LogP contribution in [0.4, 0.5) is 0 Å². The van der Waals surface area contributed by atoms with Crippen molar-refractivity contribution in [3.63, 3.8) is 0 Å². The van der Waals surface area contributed by atoms with E-state index in [1.54, 1.807) is 0 Å². The zero-order valence-electron chi connectivity index (χ0n) is 7.30. The van der Waals surface area contributed by atoms with E-state index in [0.717, 1.165) is 18.8 Å². The van der Waals surface area contributed by atoms with Crippen LogP contribution in [0, 0.1) is 0 Å². The highest BCUT2D eigenvalue weighted by molar-refractivity contribution is 5.12. The number of rotatable bonds is 5. The molecule has 0 aromatic rings. The van der Waals surface area contributed by atoms with Crippen LogP contribution in [0.1, 0.15) is 6.92 Å². The Balaban J connectivity index is 3.54. The lowest BCUT2D eigenvalue weighted by molar-refractivity contribution is -0.585. The monoisotopic (exact) mass is 156 g/mol. The minimum absolute atomic E-state index is 0.717. The summed E-state index contributed by atoms with van der Waals surface area (Å²) in [4.78, 5) is 0. The van der Waals surface area contributed by atoms with Crippen molar-refractivity contribution in [1.29, 1.82) is 0 Å². The summed E-state index contributed by atoms with van der Waals surface area (Å²) in [7, 11) is 1.91. The van der Waals surface area contributed by atoms with Crippen LogP contribution in [-0.2, 0) is 0 Å². The molecule has 0 atom stereocenters. The minimum Gasteiger partial charge on any atom is -0.388 e. The van der Waals surface area contributed by atoms with E-state index in [1.165, 1.54) is 0 Å². The maximum Gasteiger partial charge on any atom is 0.0946 e. The topological polar surface area (TPSA) is 54.7 Å². The molecule has 5 N–H and O–H groups in total. The Kier molecular flexibility index (Phi) is 6.78. The van der Waals surface area contributed by atoms with E-state index < -0.39 is 0 Å². The molecule has 11 heavy (non-hydrogen) atoms. The van der Waals surface area contributed by atoms with Crippen molar-refractivity contribution >= 4 is 0 Å². The van der Waals surface area contributed by atoms with Crippen LogP contribution >= 0.6 is 0 Å². The summed E-state index contributed by atoms with van der Waals surface area (Å²) in [5, 5.41) is 5.11. The molecule has 3 nitrogen and oxygen atoms in total. The van der Waals surface area contributed by atoms with Gasteiger partial charge in [0, 0.05) is 25.4 Å². The van der Waals surface area contributed by atoms with Gasteiger partial charge in [0.25, 0.3) is 0 Å². The highest BCUT2D eigenvalue weighted by Crippen LogP contribution is 1.85. The molecule has 0 aromatic carbocycles. The summed E-state index contributed by atoms with van der Waals surface area (Å²) in [6, 6.07) is 0. The van der Waals surface area contributed by atoms with Gasteiger partial charge in [-0.1, -0.05) is 6.08 Å². The van der Waals surface area contributed by atoms with E-state index in [1.807, 2.05) is 32.3 Å². The van der Waals surface area contributed by atoms with Crippen molar-refractivity contribution in [3.8, 4) is 0 Å². The predicted octanol–water partition coefficient (Wildman–Crippen LogP) is -0.855. The van der Waals surface area contributed by atoms with Crippen LogP contribution < -0.4 is 16.4 Å². The second kappa shape index (κ2) is 7.31. The lowest BCUT2D eigenvalue weighted by atomic mass is 10.4. The SMILES string of the molecule is C/C=C(\C=C/[NH2+]CCN)NC. The molecule has 64 valence electrons. The van der Waals surface area contributed by atoms with E-state index in [-0.39, 0.29) is 0 Å². The summed E-state index contributed by atoms with van der Waals surface area (Å²) >= 11 is 0. The normalized spacial score (nSPS) is 12.5. The zero-order valence-corrected chi connectivity index (χ0v) is 7.30. The molecule has 0 fully saturated rings. The number of likely N-dealkylation sites (N-methyl/N-ethyl adjacent to an activating group) is 1. The molecule has 0 unspecified atom stereocenters. The third-order valence-electron chi connectivity index (χ3n) is 1.34. The third kappa shape index (κ3) is 5.63.